The molecule has 0 saturated carbocycles. The van der Waals surface area contributed by atoms with Crippen LogP contribution in [0.2, 0.25) is 0 Å². The van der Waals surface area contributed by atoms with Gasteiger partial charge in [0.15, 0.2) is 0 Å². The first-order valence-corrected chi connectivity index (χ1v) is 14.0. The van der Waals surface area contributed by atoms with Crippen LogP contribution in [0.5, 0.6) is 0 Å². The van der Waals surface area contributed by atoms with Crippen molar-refractivity contribution in [1.29, 1.82) is 0 Å². The van der Waals surface area contributed by atoms with Gasteiger partial charge in [-0.1, -0.05) is 38.0 Å². The first kappa shape index (κ1) is 23.0. The van der Waals surface area contributed by atoms with Gasteiger partial charge in [0.05, 0.1) is 5.69 Å². The molecule has 2 aromatic carbocycles. The molecule has 2 amide bonds. The van der Waals surface area contributed by atoms with E-state index in [0.717, 1.165) is 53.5 Å². The van der Waals surface area contributed by atoms with Crippen molar-refractivity contribution < 1.29 is 18.0 Å². The van der Waals surface area contributed by atoms with Gasteiger partial charge in [-0.05, 0) is 48.9 Å². The standard InChI is InChI=1S/C25H27N3O4S2/c1-2-3-14-27-20-13-12-19(17-8-6-9-18(23(17)20)25(27)30)26-24(29)21-10-4-5-15-28(21)34(31,32)22-11-7-16-33-22/h6-9,11-13,16,21H,2-5,10,14-15H2,1H3,(H,26,29). The summed E-state index contributed by atoms with van der Waals surface area (Å²) in [5.74, 6) is -0.356. The predicted octanol–water partition coefficient (Wildman–Crippen LogP) is 4.84. The van der Waals surface area contributed by atoms with Crippen LogP contribution in [-0.4, -0.2) is 43.7 Å². The molecule has 1 unspecified atom stereocenters. The van der Waals surface area contributed by atoms with E-state index in [2.05, 4.69) is 12.2 Å². The third-order valence-corrected chi connectivity index (χ3v) is 9.87. The van der Waals surface area contributed by atoms with Crippen LogP contribution in [0.3, 0.4) is 0 Å². The summed E-state index contributed by atoms with van der Waals surface area (Å²) in [6, 6.07) is 11.7. The van der Waals surface area contributed by atoms with E-state index in [0.29, 0.717) is 30.8 Å². The number of sulfonamides is 1. The van der Waals surface area contributed by atoms with Crippen molar-refractivity contribution in [2.24, 2.45) is 0 Å². The van der Waals surface area contributed by atoms with Crippen LogP contribution in [0, 0.1) is 0 Å². The van der Waals surface area contributed by atoms with Crippen LogP contribution in [0.4, 0.5) is 11.4 Å². The van der Waals surface area contributed by atoms with E-state index in [-0.39, 0.29) is 16.0 Å². The van der Waals surface area contributed by atoms with Gasteiger partial charge in [0.2, 0.25) is 5.91 Å². The number of amides is 2. The Morgan fingerprint density at radius 2 is 2.00 bits per heavy atom. The second kappa shape index (κ2) is 9.13. The molecule has 1 atom stereocenters. The van der Waals surface area contributed by atoms with Gasteiger partial charge in [-0.3, -0.25) is 9.59 Å². The van der Waals surface area contributed by atoms with Gasteiger partial charge >= 0.3 is 0 Å². The molecule has 7 nitrogen and oxygen atoms in total. The molecule has 1 aromatic heterocycles. The van der Waals surface area contributed by atoms with Crippen molar-refractivity contribution in [2.45, 2.75) is 49.3 Å². The second-order valence-electron chi connectivity index (χ2n) is 8.72. The maximum atomic E-state index is 13.4. The molecule has 9 heteroatoms. The quantitative estimate of drug-likeness (QED) is 0.506. The summed E-state index contributed by atoms with van der Waals surface area (Å²) in [6.45, 7) is 3.07. The number of nitrogens with one attached hydrogen (secondary N) is 1. The van der Waals surface area contributed by atoms with Crippen molar-refractivity contribution in [1.82, 2.24) is 4.31 Å². The van der Waals surface area contributed by atoms with Gasteiger partial charge in [-0.2, -0.15) is 4.31 Å². The molecule has 2 aliphatic heterocycles. The third kappa shape index (κ3) is 3.81. The van der Waals surface area contributed by atoms with Crippen LogP contribution >= 0.6 is 11.3 Å². The highest BCUT2D eigenvalue weighted by Crippen LogP contribution is 2.41. The lowest BCUT2D eigenvalue weighted by molar-refractivity contribution is -0.120. The number of piperidine rings is 1. The molecule has 178 valence electrons. The third-order valence-electron chi connectivity index (χ3n) is 6.59. The van der Waals surface area contributed by atoms with Gasteiger partial charge in [-0.15, -0.1) is 11.3 Å². The van der Waals surface area contributed by atoms with Crippen molar-refractivity contribution in [3.05, 3.63) is 53.4 Å². The molecular weight excluding hydrogens is 470 g/mol. The Morgan fingerprint density at radius 1 is 1.15 bits per heavy atom. The summed E-state index contributed by atoms with van der Waals surface area (Å²) in [7, 11) is -3.73. The fraction of sp³-hybridized carbons (Fsp3) is 0.360. The molecule has 0 aliphatic carbocycles. The fourth-order valence-corrected chi connectivity index (χ4v) is 7.67. The van der Waals surface area contributed by atoms with Gasteiger partial charge < -0.3 is 10.2 Å². The van der Waals surface area contributed by atoms with Crippen molar-refractivity contribution >= 4 is 55.3 Å². The first-order valence-electron chi connectivity index (χ1n) is 11.7. The molecule has 0 bridgehead atoms. The summed E-state index contributed by atoms with van der Waals surface area (Å²) in [5.41, 5.74) is 2.09. The average Bonchev–Trinajstić information content (AvgIpc) is 3.48. The van der Waals surface area contributed by atoms with Crippen LogP contribution in [0.25, 0.3) is 10.8 Å². The maximum Gasteiger partial charge on any atom is 0.258 e. The summed E-state index contributed by atoms with van der Waals surface area (Å²) in [5, 5.41) is 6.34. The largest absolute Gasteiger partial charge is 0.324 e. The minimum atomic E-state index is -3.73. The molecule has 2 aliphatic rings. The molecule has 5 rings (SSSR count). The fourth-order valence-electron chi connectivity index (χ4n) is 4.89. The van der Waals surface area contributed by atoms with Crippen LogP contribution in [-0.2, 0) is 14.8 Å². The first-order chi connectivity index (χ1) is 16.4. The van der Waals surface area contributed by atoms with E-state index in [1.807, 2.05) is 35.2 Å². The molecule has 1 saturated heterocycles. The topological polar surface area (TPSA) is 86.8 Å². The number of thiophene rings is 1. The van der Waals surface area contributed by atoms with Crippen LogP contribution in [0.15, 0.2) is 52.1 Å². The Kier molecular flexibility index (Phi) is 6.18. The average molecular weight is 498 g/mol. The molecular formula is C25H27N3O4S2. The number of rotatable bonds is 7. The SMILES string of the molecule is CCCCN1C(=O)c2cccc3c(NC(=O)C4CCCCN4S(=O)(=O)c4cccs4)ccc1c23. The molecule has 3 aromatic rings. The Hall–Kier alpha value is -2.75. The zero-order valence-corrected chi connectivity index (χ0v) is 20.6. The highest BCUT2D eigenvalue weighted by molar-refractivity contribution is 7.91. The highest BCUT2D eigenvalue weighted by atomic mass is 32.2. The monoisotopic (exact) mass is 497 g/mol. The molecule has 1 N–H and O–H groups in total. The lowest BCUT2D eigenvalue weighted by atomic mass is 10.0. The summed E-state index contributed by atoms with van der Waals surface area (Å²) in [6.07, 6.45) is 3.89. The lowest BCUT2D eigenvalue weighted by Gasteiger charge is -2.33. The van der Waals surface area contributed by atoms with E-state index >= 15 is 0 Å². The maximum absolute atomic E-state index is 13.4. The van der Waals surface area contributed by atoms with Gasteiger partial charge in [0, 0.05) is 35.1 Å². The van der Waals surface area contributed by atoms with Crippen LogP contribution < -0.4 is 10.2 Å². The Balaban J connectivity index is 1.46. The minimum Gasteiger partial charge on any atom is -0.324 e. The van der Waals surface area contributed by atoms with E-state index in [4.69, 9.17) is 0 Å². The number of hydrogen-bond acceptors (Lipinski definition) is 5. The normalized spacial score (nSPS) is 18.6. The number of unbranched alkanes of at least 4 members (excludes halogenated alkanes) is 1. The van der Waals surface area contributed by atoms with Crippen LogP contribution in [0.1, 0.15) is 49.4 Å². The van der Waals surface area contributed by atoms with E-state index in [1.54, 1.807) is 17.5 Å². The lowest BCUT2D eigenvalue weighted by Crippen LogP contribution is -2.49. The summed E-state index contributed by atoms with van der Waals surface area (Å²) >= 11 is 1.16. The minimum absolute atomic E-state index is 0.0157. The predicted molar refractivity (Wildman–Crippen MR) is 135 cm³/mol. The summed E-state index contributed by atoms with van der Waals surface area (Å²) in [4.78, 5) is 28.2. The van der Waals surface area contributed by atoms with Crippen molar-refractivity contribution in [2.75, 3.05) is 23.3 Å². The molecule has 1 fully saturated rings. The molecule has 34 heavy (non-hydrogen) atoms. The number of anilines is 2. The van der Waals surface area contributed by atoms with E-state index in [9.17, 15) is 18.0 Å². The van der Waals surface area contributed by atoms with E-state index < -0.39 is 16.1 Å². The Bertz CT molecular complexity index is 1350. The van der Waals surface area contributed by atoms with Gasteiger partial charge in [0.1, 0.15) is 10.3 Å². The zero-order chi connectivity index (χ0) is 23.9. The van der Waals surface area contributed by atoms with E-state index in [1.165, 1.54) is 4.31 Å². The summed E-state index contributed by atoms with van der Waals surface area (Å²) < 4.78 is 28.0. The number of carbonyl (C=O) groups excluding carboxylic acids is 2. The Morgan fingerprint density at radius 3 is 2.76 bits per heavy atom. The number of benzene rings is 2. The smallest absolute Gasteiger partial charge is 0.258 e. The van der Waals surface area contributed by atoms with Gasteiger partial charge in [0.25, 0.3) is 15.9 Å². The highest BCUT2D eigenvalue weighted by Gasteiger charge is 2.38. The molecule has 3 heterocycles. The number of hydrogen-bond donors (Lipinski definition) is 1. The van der Waals surface area contributed by atoms with Crippen molar-refractivity contribution in [3.8, 4) is 0 Å². The number of carbonyl (C=O) groups is 2. The van der Waals surface area contributed by atoms with Crippen molar-refractivity contribution in [3.63, 3.8) is 0 Å². The Labute approximate surface area is 203 Å². The zero-order valence-electron chi connectivity index (χ0n) is 19.0. The molecule has 0 spiro atoms. The second-order valence-corrected chi connectivity index (χ2v) is 11.8. The molecule has 0 radical (unpaired) electrons. The van der Waals surface area contributed by atoms with Gasteiger partial charge in [-0.25, -0.2) is 8.42 Å². The number of nitrogens with zero attached hydrogens (tertiary/aromatic N) is 2.